The molecule has 0 fully saturated rings. The minimum Gasteiger partial charge on any atom is -0.384 e. The minimum absolute atomic E-state index is 0.209. The van der Waals surface area contributed by atoms with Crippen LogP contribution in [0.15, 0.2) is 6.20 Å². The van der Waals surface area contributed by atoms with Gasteiger partial charge in [-0.1, -0.05) is 44.2 Å². The van der Waals surface area contributed by atoms with Gasteiger partial charge in [0.2, 0.25) is 0 Å². The van der Waals surface area contributed by atoms with Crippen molar-refractivity contribution in [2.24, 2.45) is 5.92 Å². The van der Waals surface area contributed by atoms with E-state index in [1.54, 1.807) is 7.11 Å². The van der Waals surface area contributed by atoms with E-state index in [4.69, 9.17) is 13.8 Å². The highest BCUT2D eigenvalue weighted by molar-refractivity contribution is 7.47. The van der Waals surface area contributed by atoms with Crippen LogP contribution in [0.3, 0.4) is 0 Å². The van der Waals surface area contributed by atoms with Gasteiger partial charge in [0.1, 0.15) is 13.2 Å². The van der Waals surface area contributed by atoms with Crippen LogP contribution in [0.5, 0.6) is 0 Å². The number of aromatic nitrogens is 3. The Kier molecular flexibility index (Phi) is 13.7. The van der Waals surface area contributed by atoms with E-state index in [0.717, 1.165) is 57.4 Å². The Morgan fingerprint density at radius 2 is 1.68 bits per heavy atom. The van der Waals surface area contributed by atoms with Gasteiger partial charge in [-0.05, 0) is 25.2 Å². The second-order valence-electron chi connectivity index (χ2n) is 9.37. The average Bonchev–Trinajstić information content (AvgIpc) is 3.09. The standard InChI is InChI=1S/C21H43N4O5P/c1-20(19-28-5)17-24-18-21(22-23-24)13-11-9-7-6-8-10-12-15-29-31(26,27)30-16-14-25(2,3)4/h18,20H,6-17,19H2,1-5H3/p+1. The molecule has 1 aromatic rings. The van der Waals surface area contributed by atoms with E-state index in [1.807, 2.05) is 32.0 Å². The second kappa shape index (κ2) is 15.1. The number of unbranched alkanes of at least 4 members (excludes halogenated alkanes) is 6. The predicted molar refractivity (Wildman–Crippen MR) is 122 cm³/mol. The zero-order valence-electron chi connectivity index (χ0n) is 20.2. The van der Waals surface area contributed by atoms with Gasteiger partial charge in [0.25, 0.3) is 0 Å². The Morgan fingerprint density at radius 3 is 2.32 bits per heavy atom. The molecule has 2 unspecified atom stereocenters. The molecule has 0 saturated carbocycles. The van der Waals surface area contributed by atoms with Gasteiger partial charge in [-0.3, -0.25) is 13.7 Å². The monoisotopic (exact) mass is 463 g/mol. The van der Waals surface area contributed by atoms with Crippen LogP contribution in [0.2, 0.25) is 0 Å². The smallest absolute Gasteiger partial charge is 0.384 e. The number of phosphoric acid groups is 1. The Morgan fingerprint density at radius 1 is 1.06 bits per heavy atom. The van der Waals surface area contributed by atoms with Gasteiger partial charge in [-0.2, -0.15) is 0 Å². The van der Waals surface area contributed by atoms with Crippen molar-refractivity contribution in [2.75, 3.05) is 54.6 Å². The lowest BCUT2D eigenvalue weighted by Gasteiger charge is -2.24. The van der Waals surface area contributed by atoms with E-state index in [0.29, 0.717) is 16.9 Å². The number of hydrogen-bond acceptors (Lipinski definition) is 6. The molecular formula is C21H44N4O5P+. The van der Waals surface area contributed by atoms with Gasteiger partial charge >= 0.3 is 7.82 Å². The largest absolute Gasteiger partial charge is 0.472 e. The molecule has 0 saturated heterocycles. The van der Waals surface area contributed by atoms with Crippen LogP contribution in [0.1, 0.15) is 57.6 Å². The lowest BCUT2D eigenvalue weighted by molar-refractivity contribution is -0.870. The summed E-state index contributed by atoms with van der Waals surface area (Å²) in [6.07, 6.45) is 10.5. The van der Waals surface area contributed by atoms with E-state index in [9.17, 15) is 9.46 Å². The van der Waals surface area contributed by atoms with Crippen LogP contribution < -0.4 is 0 Å². The molecule has 0 amide bonds. The molecule has 182 valence electrons. The van der Waals surface area contributed by atoms with Crippen LogP contribution in [0, 0.1) is 5.92 Å². The van der Waals surface area contributed by atoms with E-state index in [-0.39, 0.29) is 13.2 Å². The molecule has 0 bridgehead atoms. The summed E-state index contributed by atoms with van der Waals surface area (Å²) in [6.45, 7) is 4.82. The molecule has 0 radical (unpaired) electrons. The first-order chi connectivity index (χ1) is 14.6. The summed E-state index contributed by atoms with van der Waals surface area (Å²) < 4.78 is 29.6. The summed E-state index contributed by atoms with van der Waals surface area (Å²) in [5.74, 6) is 0.426. The highest BCUT2D eigenvalue weighted by Crippen LogP contribution is 2.43. The maximum atomic E-state index is 11.8. The molecule has 1 aromatic heterocycles. The van der Waals surface area contributed by atoms with Gasteiger partial charge in [0, 0.05) is 19.9 Å². The fourth-order valence-corrected chi connectivity index (χ4v) is 3.88. The van der Waals surface area contributed by atoms with Crippen LogP contribution in [0.4, 0.5) is 0 Å². The molecule has 1 rings (SSSR count). The van der Waals surface area contributed by atoms with Crippen molar-refractivity contribution < 1.29 is 27.7 Å². The number of phosphoric ester groups is 1. The maximum Gasteiger partial charge on any atom is 0.472 e. The van der Waals surface area contributed by atoms with Crippen molar-refractivity contribution in [1.29, 1.82) is 0 Å². The normalized spacial score (nSPS) is 15.2. The third kappa shape index (κ3) is 15.6. The molecule has 0 aromatic carbocycles. The van der Waals surface area contributed by atoms with Crippen molar-refractivity contribution in [3.63, 3.8) is 0 Å². The Balaban J connectivity index is 1.98. The van der Waals surface area contributed by atoms with Crippen LogP contribution in [-0.4, -0.2) is 79.0 Å². The van der Waals surface area contributed by atoms with Crippen molar-refractivity contribution in [3.8, 4) is 0 Å². The van der Waals surface area contributed by atoms with E-state index < -0.39 is 7.82 Å². The number of nitrogens with zero attached hydrogens (tertiary/aromatic N) is 4. The Labute approximate surface area is 188 Å². The van der Waals surface area contributed by atoms with Crippen molar-refractivity contribution in [2.45, 2.75) is 64.8 Å². The van der Waals surface area contributed by atoms with Gasteiger partial charge in [-0.15, -0.1) is 5.10 Å². The number of quaternary nitrogens is 1. The predicted octanol–water partition coefficient (Wildman–Crippen LogP) is 3.67. The highest BCUT2D eigenvalue weighted by atomic mass is 31.2. The third-order valence-electron chi connectivity index (χ3n) is 4.88. The Bertz CT molecular complexity index is 636. The van der Waals surface area contributed by atoms with Crippen LogP contribution in [0.25, 0.3) is 0 Å². The van der Waals surface area contributed by atoms with Crippen molar-refractivity contribution in [3.05, 3.63) is 11.9 Å². The summed E-state index contributed by atoms with van der Waals surface area (Å²) in [4.78, 5) is 9.66. The number of methoxy groups -OCH3 is 1. The summed E-state index contributed by atoms with van der Waals surface area (Å²) in [5.41, 5.74) is 1.05. The van der Waals surface area contributed by atoms with E-state index in [2.05, 4.69) is 17.2 Å². The molecule has 10 heteroatoms. The van der Waals surface area contributed by atoms with Gasteiger partial charge in [0.05, 0.1) is 40.1 Å². The van der Waals surface area contributed by atoms with Crippen molar-refractivity contribution >= 4 is 7.82 Å². The second-order valence-corrected chi connectivity index (χ2v) is 10.8. The summed E-state index contributed by atoms with van der Waals surface area (Å²) in [7, 11) is 3.81. The quantitative estimate of drug-likeness (QED) is 0.190. The molecule has 0 aliphatic rings. The van der Waals surface area contributed by atoms with Gasteiger partial charge < -0.3 is 14.1 Å². The average molecular weight is 464 g/mol. The van der Waals surface area contributed by atoms with Crippen molar-refractivity contribution in [1.82, 2.24) is 15.0 Å². The molecule has 0 aliphatic heterocycles. The summed E-state index contributed by atoms with van der Waals surface area (Å²) in [5, 5.41) is 8.44. The van der Waals surface area contributed by atoms with E-state index >= 15 is 0 Å². The SMILES string of the molecule is COCC(C)Cn1cc(CCCCCCCCCOP(=O)(O)OCC[N+](C)(C)C)nn1. The molecule has 31 heavy (non-hydrogen) atoms. The fourth-order valence-electron chi connectivity index (χ4n) is 3.14. The molecule has 0 spiro atoms. The first kappa shape index (κ1) is 28.2. The maximum absolute atomic E-state index is 11.8. The highest BCUT2D eigenvalue weighted by Gasteiger charge is 2.21. The van der Waals surface area contributed by atoms with Crippen LogP contribution >= 0.6 is 7.82 Å². The molecule has 1 N–H and O–H groups in total. The number of likely N-dealkylation sites (N-methyl/N-ethyl adjacent to an activating group) is 1. The summed E-state index contributed by atoms with van der Waals surface area (Å²) >= 11 is 0. The first-order valence-electron chi connectivity index (χ1n) is 11.4. The number of hydrogen-bond donors (Lipinski definition) is 1. The zero-order chi connectivity index (χ0) is 23.2. The number of aryl methyl sites for hydroxylation is 1. The van der Waals surface area contributed by atoms with E-state index in [1.165, 1.54) is 12.8 Å². The molecule has 2 atom stereocenters. The lowest BCUT2D eigenvalue weighted by Crippen LogP contribution is -2.37. The number of ether oxygens (including phenoxy) is 1. The number of rotatable bonds is 19. The minimum atomic E-state index is -3.92. The first-order valence-corrected chi connectivity index (χ1v) is 12.9. The fraction of sp³-hybridized carbons (Fsp3) is 0.905. The lowest BCUT2D eigenvalue weighted by atomic mass is 10.1. The molecular weight excluding hydrogens is 419 g/mol. The Hall–Kier alpha value is -0.830. The topological polar surface area (TPSA) is 95.7 Å². The third-order valence-corrected chi connectivity index (χ3v) is 5.90. The zero-order valence-corrected chi connectivity index (χ0v) is 21.1. The molecule has 9 nitrogen and oxygen atoms in total. The van der Waals surface area contributed by atoms with Gasteiger partial charge in [-0.25, -0.2) is 4.57 Å². The summed E-state index contributed by atoms with van der Waals surface area (Å²) in [6, 6.07) is 0. The molecule has 1 heterocycles. The van der Waals surface area contributed by atoms with Gasteiger partial charge in [0.15, 0.2) is 0 Å². The van der Waals surface area contributed by atoms with Crippen LogP contribution in [-0.2, 0) is 31.3 Å². The molecule has 0 aliphatic carbocycles.